The number of rotatable bonds is 4. The van der Waals surface area contributed by atoms with Gasteiger partial charge in [-0.3, -0.25) is 0 Å². The molecule has 4 nitrogen and oxygen atoms in total. The quantitative estimate of drug-likeness (QED) is 0.609. The normalized spacial score (nSPS) is 10.1. The topological polar surface area (TPSA) is 64.6 Å². The summed E-state index contributed by atoms with van der Waals surface area (Å²) in [5.74, 6) is 0.941. The molecule has 1 aromatic rings. The van der Waals surface area contributed by atoms with E-state index in [0.717, 1.165) is 0 Å². The van der Waals surface area contributed by atoms with Gasteiger partial charge >= 0.3 is 0 Å². The van der Waals surface area contributed by atoms with E-state index in [1.807, 2.05) is 13.8 Å². The highest BCUT2D eigenvalue weighted by Crippen LogP contribution is 2.18. The van der Waals surface area contributed by atoms with Crippen molar-refractivity contribution in [1.29, 1.82) is 0 Å². The van der Waals surface area contributed by atoms with E-state index in [0.29, 0.717) is 5.75 Å². The van der Waals surface area contributed by atoms with Crippen LogP contribution in [0.2, 0.25) is 0 Å². The van der Waals surface area contributed by atoms with Gasteiger partial charge < -0.3 is 19.4 Å². The third kappa shape index (κ3) is 3.68. The highest BCUT2D eigenvalue weighted by atomic mass is 16.6. The van der Waals surface area contributed by atoms with Gasteiger partial charge in [-0.15, -0.1) is 0 Å². The van der Waals surface area contributed by atoms with E-state index in [4.69, 9.17) is 4.74 Å². The van der Waals surface area contributed by atoms with Crippen molar-refractivity contribution in [1.82, 2.24) is 0 Å². The Kier molecular flexibility index (Phi) is 3.79. The van der Waals surface area contributed by atoms with Gasteiger partial charge in [0.2, 0.25) is 0 Å². The first-order valence-corrected chi connectivity index (χ1v) is 4.33. The molecule has 0 unspecified atom stereocenters. The molecule has 0 saturated carbocycles. The number of ether oxygens (including phenoxy) is 1. The van der Waals surface area contributed by atoms with E-state index < -0.39 is 7.32 Å². The summed E-state index contributed by atoms with van der Waals surface area (Å²) >= 11 is 0. The molecular weight excluding hydrogens is 183 g/mol. The maximum atomic E-state index is 10.2. The highest BCUT2D eigenvalue weighted by molar-refractivity contribution is 6.29. The van der Waals surface area contributed by atoms with Crippen molar-refractivity contribution >= 4 is 7.32 Å². The van der Waals surface area contributed by atoms with Crippen LogP contribution >= 0.6 is 0 Å². The van der Waals surface area contributed by atoms with Crippen LogP contribution in [-0.4, -0.2) is 13.4 Å². The molecule has 76 valence electrons. The number of hydrogen-bond donors (Lipinski definition) is 0. The molecule has 0 aliphatic heterocycles. The predicted octanol–water partition coefficient (Wildman–Crippen LogP) is -0.442. The maximum absolute atomic E-state index is 10.2. The Morgan fingerprint density at radius 2 is 1.57 bits per heavy atom. The Morgan fingerprint density at radius 1 is 1.07 bits per heavy atom. The van der Waals surface area contributed by atoms with Crippen LogP contribution in [0.25, 0.3) is 0 Å². The minimum Gasteiger partial charge on any atom is -0.860 e. The lowest BCUT2D eigenvalue weighted by atomic mass is 10.2. The zero-order chi connectivity index (χ0) is 10.6. The van der Waals surface area contributed by atoms with Gasteiger partial charge in [0.25, 0.3) is 0 Å². The molecule has 0 N–H and O–H groups in total. The second-order valence-electron chi connectivity index (χ2n) is 3.04. The van der Waals surface area contributed by atoms with Crippen LogP contribution in [0.15, 0.2) is 24.3 Å². The molecule has 5 heteroatoms. The summed E-state index contributed by atoms with van der Waals surface area (Å²) in [5.41, 5.74) is 0. The van der Waals surface area contributed by atoms with E-state index in [1.165, 1.54) is 12.1 Å². The monoisotopic (exact) mass is 194 g/mol. The van der Waals surface area contributed by atoms with Gasteiger partial charge in [-0.2, -0.15) is 0 Å². The van der Waals surface area contributed by atoms with Crippen molar-refractivity contribution in [3.63, 3.8) is 0 Å². The molecule has 0 radical (unpaired) electrons. The number of benzene rings is 1. The fourth-order valence-electron chi connectivity index (χ4n) is 0.980. The molecule has 1 rings (SSSR count). The van der Waals surface area contributed by atoms with E-state index in [1.54, 1.807) is 12.1 Å². The van der Waals surface area contributed by atoms with Crippen molar-refractivity contribution in [2.45, 2.75) is 20.0 Å². The Labute approximate surface area is 83.3 Å². The van der Waals surface area contributed by atoms with Crippen molar-refractivity contribution in [2.75, 3.05) is 0 Å². The zero-order valence-electron chi connectivity index (χ0n) is 8.10. The first-order chi connectivity index (χ1) is 6.58. The molecule has 0 saturated heterocycles. The fourth-order valence-corrected chi connectivity index (χ4v) is 0.980. The maximum Gasteiger partial charge on any atom is 0.133 e. The summed E-state index contributed by atoms with van der Waals surface area (Å²) in [6.07, 6.45) is 0.0912. The molecule has 0 heterocycles. The number of hydrogen-bond acceptors (Lipinski definition) is 4. The van der Waals surface area contributed by atoms with Gasteiger partial charge in [0.1, 0.15) is 13.1 Å². The van der Waals surface area contributed by atoms with E-state index in [9.17, 15) is 10.0 Å². The molecule has 14 heavy (non-hydrogen) atoms. The van der Waals surface area contributed by atoms with E-state index in [2.05, 4.69) is 4.65 Å². The van der Waals surface area contributed by atoms with Crippen molar-refractivity contribution in [2.24, 2.45) is 0 Å². The molecule has 0 fully saturated rings. The Hall–Kier alpha value is -1.20. The molecule has 0 aliphatic rings. The summed E-state index contributed by atoms with van der Waals surface area (Å²) in [6, 6.07) is 6.36. The summed E-state index contributed by atoms with van der Waals surface area (Å²) in [4.78, 5) is 0. The Balaban J connectivity index is 2.59. The SMILES string of the molecule is CC(C)Oc1ccc(OB([O-])[O-])cc1. The molecule has 0 aromatic heterocycles. The summed E-state index contributed by atoms with van der Waals surface area (Å²) < 4.78 is 9.77. The third-order valence-electron chi connectivity index (χ3n) is 1.43. The average molecular weight is 194 g/mol. The third-order valence-corrected chi connectivity index (χ3v) is 1.43. The van der Waals surface area contributed by atoms with Crippen LogP contribution in [0.4, 0.5) is 0 Å². The molecule has 0 aliphatic carbocycles. The van der Waals surface area contributed by atoms with Gasteiger partial charge in [-0.05, 0) is 38.1 Å². The zero-order valence-corrected chi connectivity index (χ0v) is 8.10. The van der Waals surface area contributed by atoms with Gasteiger partial charge in [0.15, 0.2) is 0 Å². The summed E-state index contributed by atoms with van der Waals surface area (Å²) in [6.45, 7) is 3.82. The van der Waals surface area contributed by atoms with Gasteiger partial charge in [-0.25, -0.2) is 0 Å². The molecule has 1 aromatic carbocycles. The Bertz CT molecular complexity index is 242. The highest BCUT2D eigenvalue weighted by Gasteiger charge is 1.97. The average Bonchev–Trinajstić information content (AvgIpc) is 2.06. The van der Waals surface area contributed by atoms with E-state index in [-0.39, 0.29) is 11.9 Å². The minimum atomic E-state index is -2.29. The largest absolute Gasteiger partial charge is 0.860 e. The fraction of sp³-hybridized carbons (Fsp3) is 0.333. The summed E-state index contributed by atoms with van der Waals surface area (Å²) in [5, 5.41) is 20.3. The minimum absolute atomic E-state index is 0.0912. The van der Waals surface area contributed by atoms with Crippen LogP contribution in [0.3, 0.4) is 0 Å². The smallest absolute Gasteiger partial charge is 0.133 e. The van der Waals surface area contributed by atoms with Crippen LogP contribution in [0.5, 0.6) is 11.5 Å². The van der Waals surface area contributed by atoms with Gasteiger partial charge in [0, 0.05) is 0 Å². The van der Waals surface area contributed by atoms with Crippen LogP contribution < -0.4 is 19.4 Å². The molecule has 0 spiro atoms. The predicted molar refractivity (Wildman–Crippen MR) is 48.6 cm³/mol. The molecule has 0 bridgehead atoms. The lowest BCUT2D eigenvalue weighted by molar-refractivity contribution is -0.372. The van der Waals surface area contributed by atoms with Crippen molar-refractivity contribution in [3.8, 4) is 11.5 Å². The lowest BCUT2D eigenvalue weighted by Crippen LogP contribution is -2.50. The van der Waals surface area contributed by atoms with Crippen LogP contribution in [-0.2, 0) is 0 Å². The van der Waals surface area contributed by atoms with E-state index >= 15 is 0 Å². The molecular formula is C9H11BO4-2. The first kappa shape index (κ1) is 10.9. The standard InChI is InChI=1S/C9H11BO4/c1-7(2)13-8-3-5-9(6-4-8)14-10(11)12/h3-7H,1-2H3/q-2. The van der Waals surface area contributed by atoms with Crippen LogP contribution in [0.1, 0.15) is 13.8 Å². The second-order valence-corrected chi connectivity index (χ2v) is 3.04. The van der Waals surface area contributed by atoms with Crippen molar-refractivity contribution < 1.29 is 19.4 Å². The molecule has 0 atom stereocenters. The second kappa shape index (κ2) is 4.88. The van der Waals surface area contributed by atoms with Crippen molar-refractivity contribution in [3.05, 3.63) is 24.3 Å². The van der Waals surface area contributed by atoms with Crippen LogP contribution in [0, 0.1) is 0 Å². The van der Waals surface area contributed by atoms with Gasteiger partial charge in [-0.1, -0.05) is 0 Å². The van der Waals surface area contributed by atoms with Gasteiger partial charge in [0.05, 0.1) is 11.9 Å². The lowest BCUT2D eigenvalue weighted by Gasteiger charge is -2.26. The summed E-state index contributed by atoms with van der Waals surface area (Å²) in [7, 11) is -2.29. The Morgan fingerprint density at radius 3 is 2.00 bits per heavy atom. The first-order valence-electron chi connectivity index (χ1n) is 4.33. The molecule has 0 amide bonds.